The lowest BCUT2D eigenvalue weighted by Gasteiger charge is -2.50. The minimum Gasteiger partial charge on any atom is -0.378 e. The van der Waals surface area contributed by atoms with Crippen molar-refractivity contribution in [3.05, 3.63) is 35.9 Å². The highest BCUT2D eigenvalue weighted by molar-refractivity contribution is 5.94. The van der Waals surface area contributed by atoms with Gasteiger partial charge in [-0.15, -0.1) is 0 Å². The van der Waals surface area contributed by atoms with Gasteiger partial charge in [0.1, 0.15) is 6.61 Å². The zero-order chi connectivity index (χ0) is 26.8. The Bertz CT molecular complexity index is 856. The van der Waals surface area contributed by atoms with E-state index in [1.54, 1.807) is 0 Å². The summed E-state index contributed by atoms with van der Waals surface area (Å²) in [7, 11) is 0. The quantitative estimate of drug-likeness (QED) is 0.488. The minimum atomic E-state index is -1.03. The first kappa shape index (κ1) is 28.8. The Hall–Kier alpha value is -1.67. The lowest BCUT2D eigenvalue weighted by atomic mass is 10.1. The van der Waals surface area contributed by atoms with Gasteiger partial charge in [0, 0.05) is 51.4 Å². The van der Waals surface area contributed by atoms with Crippen LogP contribution in [0.3, 0.4) is 0 Å². The zero-order valence-electron chi connectivity index (χ0n) is 22.9. The molecule has 0 radical (unpaired) electrons. The van der Waals surface area contributed by atoms with Gasteiger partial charge >= 0.3 is 0 Å². The van der Waals surface area contributed by atoms with Gasteiger partial charge in [-0.25, -0.2) is 0 Å². The molecule has 1 spiro atoms. The fourth-order valence-electron chi connectivity index (χ4n) is 5.53. The molecule has 0 aromatic heterocycles. The number of nitrogens with zero attached hydrogens (tertiary/aromatic N) is 3. The van der Waals surface area contributed by atoms with Crippen LogP contribution in [-0.4, -0.2) is 157 Å². The summed E-state index contributed by atoms with van der Waals surface area (Å²) in [4.78, 5) is 20.0. The average Bonchev–Trinajstić information content (AvgIpc) is 2.94. The molecule has 39 heavy (non-hydrogen) atoms. The summed E-state index contributed by atoms with van der Waals surface area (Å²) in [5.41, 5.74) is 0.656. The molecule has 4 heterocycles. The normalized spacial score (nSPS) is 34.3. The number of carbonyl (C=O) groups excluding carboxylic acids is 1. The van der Waals surface area contributed by atoms with E-state index in [0.717, 1.165) is 13.1 Å². The SMILES string of the molecule is O=C(c1ccccc1)N1C[C@H]2CN3CCOCCOCCN(CCOCCOCC3)C[C@@H]3COCC(C1)(O2)O3. The van der Waals surface area contributed by atoms with Crippen LogP contribution in [0.15, 0.2) is 30.3 Å². The van der Waals surface area contributed by atoms with Gasteiger partial charge in [-0.2, -0.15) is 0 Å². The van der Waals surface area contributed by atoms with E-state index in [2.05, 4.69) is 9.80 Å². The summed E-state index contributed by atoms with van der Waals surface area (Å²) in [5, 5.41) is 0. The standard InChI is InChI=1S/C28H43N3O8/c32-27(24-4-2-1-3-5-24)31-20-25-18-29-6-10-33-14-16-35-12-8-30(9-13-36-17-15-34-11-7-29)19-26-21-37-23-28(22-31,38-25)39-26/h1-5,25-26H,6-23H2/t25-,26-,28?/m1/s1. The number of ether oxygens (including phenoxy) is 7. The molecule has 4 fully saturated rings. The summed E-state index contributed by atoms with van der Waals surface area (Å²) < 4.78 is 43.0. The zero-order valence-corrected chi connectivity index (χ0v) is 22.9. The molecule has 218 valence electrons. The molecule has 4 saturated heterocycles. The number of amides is 1. The van der Waals surface area contributed by atoms with E-state index in [0.29, 0.717) is 104 Å². The average molecular weight is 550 g/mol. The number of morpholine rings is 1. The van der Waals surface area contributed by atoms with Gasteiger partial charge in [-0.1, -0.05) is 18.2 Å². The number of benzene rings is 1. The Balaban J connectivity index is 1.41. The van der Waals surface area contributed by atoms with Gasteiger partial charge in [0.25, 0.3) is 5.91 Å². The highest BCUT2D eigenvalue weighted by Gasteiger charge is 2.48. The Labute approximate surface area is 231 Å². The Kier molecular flexibility index (Phi) is 11.0. The fraction of sp³-hybridized carbons (Fsp3) is 0.750. The van der Waals surface area contributed by atoms with Crippen LogP contribution in [0.25, 0.3) is 0 Å². The van der Waals surface area contributed by atoms with E-state index in [4.69, 9.17) is 33.2 Å². The maximum absolute atomic E-state index is 13.6. The highest BCUT2D eigenvalue weighted by atomic mass is 16.7. The van der Waals surface area contributed by atoms with E-state index in [1.807, 2.05) is 35.2 Å². The number of rotatable bonds is 1. The molecule has 4 aliphatic heterocycles. The van der Waals surface area contributed by atoms with E-state index in [-0.39, 0.29) is 24.7 Å². The summed E-state index contributed by atoms with van der Waals surface area (Å²) >= 11 is 0. The van der Waals surface area contributed by atoms with Crippen molar-refractivity contribution in [2.24, 2.45) is 0 Å². The van der Waals surface area contributed by atoms with Gasteiger partial charge < -0.3 is 38.1 Å². The van der Waals surface area contributed by atoms with Crippen LogP contribution in [0, 0.1) is 0 Å². The predicted octanol–water partition coefficient (Wildman–Crippen LogP) is 0.337. The van der Waals surface area contributed by atoms with Gasteiger partial charge in [-0.05, 0) is 12.1 Å². The third-order valence-electron chi connectivity index (χ3n) is 7.43. The van der Waals surface area contributed by atoms with Crippen molar-refractivity contribution < 1.29 is 38.0 Å². The predicted molar refractivity (Wildman–Crippen MR) is 142 cm³/mol. The molecule has 1 unspecified atom stereocenters. The number of hydrogen-bond acceptors (Lipinski definition) is 10. The highest BCUT2D eigenvalue weighted by Crippen LogP contribution is 2.30. The number of carbonyl (C=O) groups is 1. The number of hydrogen-bond donors (Lipinski definition) is 0. The van der Waals surface area contributed by atoms with Crippen LogP contribution in [0.2, 0.25) is 0 Å². The molecule has 1 aromatic carbocycles. The second kappa shape index (κ2) is 14.8. The van der Waals surface area contributed by atoms with Crippen LogP contribution in [-0.2, 0) is 33.2 Å². The molecule has 5 bridgehead atoms. The van der Waals surface area contributed by atoms with Crippen LogP contribution in [0.4, 0.5) is 0 Å². The van der Waals surface area contributed by atoms with Crippen molar-refractivity contribution in [3.8, 4) is 0 Å². The van der Waals surface area contributed by atoms with Crippen molar-refractivity contribution in [2.45, 2.75) is 18.0 Å². The molecular weight excluding hydrogens is 506 g/mol. The van der Waals surface area contributed by atoms with Crippen molar-refractivity contribution in [1.29, 1.82) is 0 Å². The molecule has 0 N–H and O–H groups in total. The first-order valence-corrected chi connectivity index (χ1v) is 14.2. The van der Waals surface area contributed by atoms with Gasteiger partial charge in [-0.3, -0.25) is 14.6 Å². The van der Waals surface area contributed by atoms with E-state index >= 15 is 0 Å². The lowest BCUT2D eigenvalue weighted by molar-refractivity contribution is -0.350. The Morgan fingerprint density at radius 3 is 1.79 bits per heavy atom. The molecule has 1 aromatic rings. The third kappa shape index (κ3) is 8.66. The minimum absolute atomic E-state index is 0.0278. The summed E-state index contributed by atoms with van der Waals surface area (Å²) in [6, 6.07) is 9.40. The summed E-state index contributed by atoms with van der Waals surface area (Å²) in [5.74, 6) is -1.06. The van der Waals surface area contributed by atoms with Crippen LogP contribution in [0.5, 0.6) is 0 Å². The largest absolute Gasteiger partial charge is 0.378 e. The second-order valence-corrected chi connectivity index (χ2v) is 10.5. The number of fused-ring (bicyclic) bond motifs is 2. The first-order chi connectivity index (χ1) is 19.2. The molecule has 3 atom stereocenters. The van der Waals surface area contributed by atoms with Gasteiger partial charge in [0.15, 0.2) is 0 Å². The summed E-state index contributed by atoms with van der Waals surface area (Å²) in [6.45, 7) is 10.2. The molecule has 4 aliphatic rings. The lowest BCUT2D eigenvalue weighted by Crippen LogP contribution is -2.65. The molecule has 0 saturated carbocycles. The summed E-state index contributed by atoms with van der Waals surface area (Å²) in [6.07, 6.45) is -0.469. The van der Waals surface area contributed by atoms with Crippen molar-refractivity contribution in [3.63, 3.8) is 0 Å². The van der Waals surface area contributed by atoms with Crippen molar-refractivity contribution in [2.75, 3.05) is 118 Å². The Morgan fingerprint density at radius 1 is 0.667 bits per heavy atom. The first-order valence-electron chi connectivity index (χ1n) is 14.2. The molecule has 5 rings (SSSR count). The maximum Gasteiger partial charge on any atom is 0.254 e. The molecule has 1 amide bonds. The molecular formula is C28H43N3O8. The second-order valence-electron chi connectivity index (χ2n) is 10.5. The van der Waals surface area contributed by atoms with E-state index in [9.17, 15) is 4.79 Å². The topological polar surface area (TPSA) is 91.4 Å². The Morgan fingerprint density at radius 2 is 1.21 bits per heavy atom. The van der Waals surface area contributed by atoms with E-state index < -0.39 is 5.79 Å². The van der Waals surface area contributed by atoms with Crippen molar-refractivity contribution >= 4 is 5.91 Å². The van der Waals surface area contributed by atoms with Gasteiger partial charge in [0.2, 0.25) is 5.79 Å². The maximum atomic E-state index is 13.6. The van der Waals surface area contributed by atoms with Crippen molar-refractivity contribution in [1.82, 2.24) is 14.7 Å². The monoisotopic (exact) mass is 549 g/mol. The fourth-order valence-corrected chi connectivity index (χ4v) is 5.53. The molecule has 11 nitrogen and oxygen atoms in total. The van der Waals surface area contributed by atoms with Crippen LogP contribution >= 0.6 is 0 Å². The molecule has 0 aliphatic carbocycles. The van der Waals surface area contributed by atoms with Crippen LogP contribution < -0.4 is 0 Å². The third-order valence-corrected chi connectivity index (χ3v) is 7.43. The van der Waals surface area contributed by atoms with Gasteiger partial charge in [0.05, 0.1) is 78.2 Å². The smallest absolute Gasteiger partial charge is 0.254 e. The van der Waals surface area contributed by atoms with Crippen LogP contribution in [0.1, 0.15) is 10.4 Å². The van der Waals surface area contributed by atoms with E-state index in [1.165, 1.54) is 0 Å². The molecule has 11 heteroatoms.